The lowest BCUT2D eigenvalue weighted by atomic mass is 10.3. The Kier molecular flexibility index (Phi) is 3.96. The van der Waals surface area contributed by atoms with Crippen LogP contribution in [0.2, 0.25) is 0 Å². The minimum atomic E-state index is -0.193. The van der Waals surface area contributed by atoms with Crippen molar-refractivity contribution in [2.24, 2.45) is 0 Å². The molecule has 1 aromatic carbocycles. The maximum atomic E-state index is 12.2. The van der Waals surface area contributed by atoms with E-state index in [1.54, 1.807) is 23.1 Å². The standard InChI is InChI=1S/C17H16N4O/c1-13-10-16(20-21(13)15-7-3-2-4-8-15)17(22)19-12-14-6-5-9-18-11-14/h2-11H,12H2,1H3,(H,19,22). The van der Waals surface area contributed by atoms with E-state index in [9.17, 15) is 4.79 Å². The lowest BCUT2D eigenvalue weighted by Gasteiger charge is -2.04. The van der Waals surface area contributed by atoms with Crippen molar-refractivity contribution in [3.05, 3.63) is 77.9 Å². The predicted molar refractivity (Wildman–Crippen MR) is 83.7 cm³/mol. The van der Waals surface area contributed by atoms with Gasteiger partial charge in [-0.05, 0) is 36.8 Å². The van der Waals surface area contributed by atoms with Gasteiger partial charge in [0.2, 0.25) is 0 Å². The number of hydrogen-bond donors (Lipinski definition) is 1. The summed E-state index contributed by atoms with van der Waals surface area (Å²) in [6.07, 6.45) is 3.43. The Morgan fingerprint density at radius 3 is 2.73 bits per heavy atom. The summed E-state index contributed by atoms with van der Waals surface area (Å²) in [5.74, 6) is -0.193. The number of rotatable bonds is 4. The topological polar surface area (TPSA) is 59.8 Å². The van der Waals surface area contributed by atoms with Gasteiger partial charge in [0.15, 0.2) is 5.69 Å². The molecule has 3 rings (SSSR count). The van der Waals surface area contributed by atoms with Gasteiger partial charge in [-0.25, -0.2) is 4.68 Å². The van der Waals surface area contributed by atoms with E-state index in [1.165, 1.54) is 0 Å². The summed E-state index contributed by atoms with van der Waals surface area (Å²) in [4.78, 5) is 16.2. The number of carbonyl (C=O) groups excluding carboxylic acids is 1. The summed E-state index contributed by atoms with van der Waals surface area (Å²) < 4.78 is 1.76. The third-order valence-electron chi connectivity index (χ3n) is 3.30. The van der Waals surface area contributed by atoms with Gasteiger partial charge in [-0.1, -0.05) is 24.3 Å². The fraction of sp³-hybridized carbons (Fsp3) is 0.118. The lowest BCUT2D eigenvalue weighted by Crippen LogP contribution is -2.23. The summed E-state index contributed by atoms with van der Waals surface area (Å²) in [5.41, 5.74) is 3.21. The molecular weight excluding hydrogens is 276 g/mol. The van der Waals surface area contributed by atoms with E-state index in [4.69, 9.17) is 0 Å². The van der Waals surface area contributed by atoms with Gasteiger partial charge in [0.25, 0.3) is 5.91 Å². The van der Waals surface area contributed by atoms with Gasteiger partial charge in [-0.3, -0.25) is 9.78 Å². The van der Waals surface area contributed by atoms with Crippen LogP contribution in [0.5, 0.6) is 0 Å². The third-order valence-corrected chi connectivity index (χ3v) is 3.30. The van der Waals surface area contributed by atoms with Gasteiger partial charge in [0, 0.05) is 24.6 Å². The highest BCUT2D eigenvalue weighted by Gasteiger charge is 2.12. The van der Waals surface area contributed by atoms with E-state index < -0.39 is 0 Å². The van der Waals surface area contributed by atoms with Crippen molar-refractivity contribution in [2.45, 2.75) is 13.5 Å². The number of carbonyl (C=O) groups is 1. The molecular formula is C17H16N4O. The highest BCUT2D eigenvalue weighted by molar-refractivity contribution is 5.92. The zero-order valence-corrected chi connectivity index (χ0v) is 12.2. The van der Waals surface area contributed by atoms with Gasteiger partial charge < -0.3 is 5.32 Å². The second-order valence-electron chi connectivity index (χ2n) is 4.96. The molecule has 2 aromatic heterocycles. The van der Waals surface area contributed by atoms with E-state index in [2.05, 4.69) is 15.4 Å². The number of pyridine rings is 1. The van der Waals surface area contributed by atoms with Crippen molar-refractivity contribution in [1.29, 1.82) is 0 Å². The van der Waals surface area contributed by atoms with Crippen molar-refractivity contribution in [1.82, 2.24) is 20.1 Å². The first-order valence-corrected chi connectivity index (χ1v) is 7.03. The average molecular weight is 292 g/mol. The average Bonchev–Trinajstić information content (AvgIpc) is 2.96. The largest absolute Gasteiger partial charge is 0.347 e. The van der Waals surface area contributed by atoms with E-state index in [0.29, 0.717) is 12.2 Å². The molecule has 0 aliphatic heterocycles. The second-order valence-corrected chi connectivity index (χ2v) is 4.96. The first kappa shape index (κ1) is 14.0. The molecule has 0 radical (unpaired) electrons. The Bertz CT molecular complexity index is 766. The summed E-state index contributed by atoms with van der Waals surface area (Å²) in [6, 6.07) is 15.3. The smallest absolute Gasteiger partial charge is 0.272 e. The number of amides is 1. The molecule has 0 aliphatic rings. The van der Waals surface area contributed by atoms with Crippen molar-refractivity contribution >= 4 is 5.91 Å². The van der Waals surface area contributed by atoms with Gasteiger partial charge >= 0.3 is 0 Å². The van der Waals surface area contributed by atoms with Gasteiger partial charge in [-0.15, -0.1) is 0 Å². The second kappa shape index (κ2) is 6.22. The van der Waals surface area contributed by atoms with Crippen LogP contribution in [0.4, 0.5) is 0 Å². The van der Waals surface area contributed by atoms with Crippen LogP contribution in [0.3, 0.4) is 0 Å². The van der Waals surface area contributed by atoms with Crippen LogP contribution >= 0.6 is 0 Å². The number of nitrogens with zero attached hydrogens (tertiary/aromatic N) is 3. The van der Waals surface area contributed by atoms with E-state index in [1.807, 2.05) is 49.4 Å². The highest BCUT2D eigenvalue weighted by Crippen LogP contribution is 2.11. The molecule has 0 atom stereocenters. The van der Waals surface area contributed by atoms with Gasteiger partial charge in [0.1, 0.15) is 0 Å². The molecule has 0 saturated heterocycles. The zero-order chi connectivity index (χ0) is 15.4. The van der Waals surface area contributed by atoms with Crippen LogP contribution in [0, 0.1) is 6.92 Å². The number of hydrogen-bond acceptors (Lipinski definition) is 3. The highest BCUT2D eigenvalue weighted by atomic mass is 16.1. The Morgan fingerprint density at radius 2 is 2.00 bits per heavy atom. The van der Waals surface area contributed by atoms with E-state index in [-0.39, 0.29) is 5.91 Å². The summed E-state index contributed by atoms with van der Waals surface area (Å²) in [7, 11) is 0. The molecule has 22 heavy (non-hydrogen) atoms. The van der Waals surface area contributed by atoms with Crippen LogP contribution in [0.15, 0.2) is 60.9 Å². The van der Waals surface area contributed by atoms with Crippen LogP contribution in [0.1, 0.15) is 21.7 Å². The summed E-state index contributed by atoms with van der Waals surface area (Å²) in [5, 5.41) is 7.23. The van der Waals surface area contributed by atoms with E-state index >= 15 is 0 Å². The molecule has 110 valence electrons. The SMILES string of the molecule is Cc1cc(C(=O)NCc2cccnc2)nn1-c1ccccc1. The number of nitrogens with one attached hydrogen (secondary N) is 1. The fourth-order valence-electron chi connectivity index (χ4n) is 2.19. The molecule has 3 aromatic rings. The molecule has 5 nitrogen and oxygen atoms in total. The van der Waals surface area contributed by atoms with Gasteiger partial charge in [0.05, 0.1) is 5.69 Å². The zero-order valence-electron chi connectivity index (χ0n) is 12.2. The molecule has 0 fully saturated rings. The first-order valence-electron chi connectivity index (χ1n) is 7.03. The van der Waals surface area contributed by atoms with Crippen LogP contribution in [0.25, 0.3) is 5.69 Å². The van der Waals surface area contributed by atoms with Crippen molar-refractivity contribution in [2.75, 3.05) is 0 Å². The maximum absolute atomic E-state index is 12.2. The van der Waals surface area contributed by atoms with Crippen LogP contribution < -0.4 is 5.32 Å². The van der Waals surface area contributed by atoms with Crippen LogP contribution in [-0.2, 0) is 6.54 Å². The molecule has 1 amide bonds. The minimum Gasteiger partial charge on any atom is -0.347 e. The number of aromatic nitrogens is 3. The molecule has 0 aliphatic carbocycles. The molecule has 0 saturated carbocycles. The number of para-hydroxylation sites is 1. The first-order chi connectivity index (χ1) is 10.7. The lowest BCUT2D eigenvalue weighted by molar-refractivity contribution is 0.0945. The van der Waals surface area contributed by atoms with Gasteiger partial charge in [-0.2, -0.15) is 5.10 Å². The molecule has 0 unspecified atom stereocenters. The Hall–Kier alpha value is -2.95. The molecule has 0 spiro atoms. The van der Waals surface area contributed by atoms with Crippen LogP contribution in [-0.4, -0.2) is 20.7 Å². The summed E-state index contributed by atoms with van der Waals surface area (Å²) >= 11 is 0. The van der Waals surface area contributed by atoms with E-state index in [0.717, 1.165) is 16.9 Å². The quantitative estimate of drug-likeness (QED) is 0.803. The summed E-state index contributed by atoms with van der Waals surface area (Å²) in [6.45, 7) is 2.36. The predicted octanol–water partition coefficient (Wildman–Crippen LogP) is 2.51. The third kappa shape index (κ3) is 3.03. The minimum absolute atomic E-state index is 0.193. The fourth-order valence-corrected chi connectivity index (χ4v) is 2.19. The molecule has 2 heterocycles. The monoisotopic (exact) mass is 292 g/mol. The molecule has 5 heteroatoms. The van der Waals surface area contributed by atoms with Crippen molar-refractivity contribution in [3.63, 3.8) is 0 Å². The maximum Gasteiger partial charge on any atom is 0.272 e. The molecule has 1 N–H and O–H groups in total. The normalized spacial score (nSPS) is 10.4. The Morgan fingerprint density at radius 1 is 1.18 bits per heavy atom. The Labute approximate surface area is 128 Å². The van der Waals surface area contributed by atoms with Crippen molar-refractivity contribution in [3.8, 4) is 5.69 Å². The molecule has 0 bridgehead atoms. The van der Waals surface area contributed by atoms with Crippen molar-refractivity contribution < 1.29 is 4.79 Å². The number of benzene rings is 1. The number of aryl methyl sites for hydroxylation is 1. The Balaban J connectivity index is 1.74.